The van der Waals surface area contributed by atoms with Gasteiger partial charge in [-0.25, -0.2) is 0 Å². The van der Waals surface area contributed by atoms with E-state index in [1.165, 1.54) is 17.0 Å². The second kappa shape index (κ2) is 4.70. The summed E-state index contributed by atoms with van der Waals surface area (Å²) in [6.45, 7) is 2.25. The summed E-state index contributed by atoms with van der Waals surface area (Å²) in [6.07, 6.45) is 2.66. The molecule has 1 aromatic rings. The Morgan fingerprint density at radius 1 is 1.67 bits per heavy atom. The Hall–Kier alpha value is -1.69. The molecule has 0 aliphatic rings. The van der Waals surface area contributed by atoms with Crippen LogP contribution in [0.4, 0.5) is 5.69 Å². The van der Waals surface area contributed by atoms with Crippen molar-refractivity contribution in [3.05, 3.63) is 38.8 Å². The highest BCUT2D eigenvalue weighted by atomic mass is 16.6. The van der Waals surface area contributed by atoms with Gasteiger partial charge in [0.25, 0.3) is 5.43 Å². The molecular formula is C9H12N2O4. The van der Waals surface area contributed by atoms with E-state index >= 15 is 0 Å². The normalized spacial score (nSPS) is 12.4. The molecule has 0 fully saturated rings. The first-order valence-corrected chi connectivity index (χ1v) is 4.50. The molecule has 82 valence electrons. The molecule has 1 atom stereocenters. The molecule has 1 heterocycles. The maximum absolute atomic E-state index is 11.1. The van der Waals surface area contributed by atoms with Crippen LogP contribution < -0.4 is 5.43 Å². The lowest BCUT2D eigenvalue weighted by atomic mass is 10.2. The Kier molecular flexibility index (Phi) is 3.56. The smallest absolute Gasteiger partial charge is 0.332 e. The molecule has 0 spiro atoms. The van der Waals surface area contributed by atoms with Gasteiger partial charge >= 0.3 is 5.69 Å². The van der Waals surface area contributed by atoms with Crippen molar-refractivity contribution >= 4 is 5.69 Å². The molecule has 1 aromatic heterocycles. The number of aliphatic hydroxyl groups excluding tert-OH is 1. The molecule has 1 unspecified atom stereocenters. The van der Waals surface area contributed by atoms with E-state index in [9.17, 15) is 14.9 Å². The highest BCUT2D eigenvalue weighted by molar-refractivity contribution is 5.25. The van der Waals surface area contributed by atoms with Crippen molar-refractivity contribution in [2.45, 2.75) is 13.5 Å². The largest absolute Gasteiger partial charge is 0.396 e. The van der Waals surface area contributed by atoms with Gasteiger partial charge < -0.3 is 9.67 Å². The van der Waals surface area contributed by atoms with Gasteiger partial charge in [-0.15, -0.1) is 0 Å². The summed E-state index contributed by atoms with van der Waals surface area (Å²) in [5.41, 5.74) is -1.05. The quantitative estimate of drug-likeness (QED) is 0.577. The highest BCUT2D eigenvalue weighted by Crippen LogP contribution is 2.05. The maximum atomic E-state index is 11.1. The second-order valence-electron chi connectivity index (χ2n) is 3.44. The van der Waals surface area contributed by atoms with Gasteiger partial charge in [0, 0.05) is 25.4 Å². The zero-order valence-electron chi connectivity index (χ0n) is 8.29. The van der Waals surface area contributed by atoms with Crippen molar-refractivity contribution in [3.8, 4) is 0 Å². The van der Waals surface area contributed by atoms with Gasteiger partial charge in [0.05, 0.1) is 11.1 Å². The zero-order valence-corrected chi connectivity index (χ0v) is 8.29. The minimum atomic E-state index is -0.706. The molecule has 0 amide bonds. The van der Waals surface area contributed by atoms with Gasteiger partial charge in [0.1, 0.15) is 0 Å². The van der Waals surface area contributed by atoms with E-state index in [4.69, 9.17) is 5.11 Å². The number of pyridine rings is 1. The summed E-state index contributed by atoms with van der Waals surface area (Å²) in [5, 5.41) is 19.3. The molecule has 6 nitrogen and oxygen atoms in total. The van der Waals surface area contributed by atoms with E-state index in [-0.39, 0.29) is 12.5 Å². The first-order valence-electron chi connectivity index (χ1n) is 4.50. The first kappa shape index (κ1) is 11.4. The first-order chi connectivity index (χ1) is 7.04. The predicted octanol–water partition coefficient (Wildman–Crippen LogP) is 0.385. The van der Waals surface area contributed by atoms with Crippen molar-refractivity contribution in [3.63, 3.8) is 0 Å². The number of rotatable bonds is 4. The van der Waals surface area contributed by atoms with Gasteiger partial charge in [-0.2, -0.15) is 0 Å². The zero-order chi connectivity index (χ0) is 11.4. The lowest BCUT2D eigenvalue weighted by molar-refractivity contribution is -0.386. The standard InChI is InChI=1S/C9H12N2O4/c1-7(6-12)4-10-3-2-9(13)8(5-10)11(14)15/h2-3,5,7,12H,4,6H2,1H3. The fraction of sp³-hybridized carbons (Fsp3) is 0.444. The lowest BCUT2D eigenvalue weighted by Crippen LogP contribution is -2.15. The van der Waals surface area contributed by atoms with Gasteiger partial charge in [-0.1, -0.05) is 6.92 Å². The molecule has 0 aliphatic heterocycles. The van der Waals surface area contributed by atoms with E-state index in [2.05, 4.69) is 0 Å². The van der Waals surface area contributed by atoms with Gasteiger partial charge in [-0.3, -0.25) is 14.9 Å². The summed E-state index contributed by atoms with van der Waals surface area (Å²) in [5.74, 6) is -0.00731. The van der Waals surface area contributed by atoms with Gasteiger partial charge in [0.15, 0.2) is 0 Å². The maximum Gasteiger partial charge on any atom is 0.332 e. The van der Waals surface area contributed by atoms with Crippen molar-refractivity contribution < 1.29 is 10.0 Å². The molecule has 0 bridgehead atoms. The monoisotopic (exact) mass is 212 g/mol. The minimum Gasteiger partial charge on any atom is -0.396 e. The average Bonchev–Trinajstić information content (AvgIpc) is 2.20. The van der Waals surface area contributed by atoms with Crippen molar-refractivity contribution in [2.24, 2.45) is 5.92 Å². The predicted molar refractivity (Wildman–Crippen MR) is 53.6 cm³/mol. The van der Waals surface area contributed by atoms with Crippen molar-refractivity contribution in [1.82, 2.24) is 4.57 Å². The second-order valence-corrected chi connectivity index (χ2v) is 3.44. The SMILES string of the molecule is CC(CO)Cn1ccc(=O)c([N+](=O)[O-])c1. The molecule has 0 aliphatic carbocycles. The Morgan fingerprint density at radius 3 is 2.87 bits per heavy atom. The van der Waals surface area contributed by atoms with Gasteiger partial charge in [-0.05, 0) is 5.92 Å². The molecule has 0 aromatic carbocycles. The van der Waals surface area contributed by atoms with Crippen molar-refractivity contribution in [1.29, 1.82) is 0 Å². The Bertz CT molecular complexity index is 413. The molecule has 1 rings (SSSR count). The third-order valence-corrected chi connectivity index (χ3v) is 1.99. The van der Waals surface area contributed by atoms with Crippen LogP contribution in [-0.2, 0) is 6.54 Å². The number of hydrogen-bond acceptors (Lipinski definition) is 4. The highest BCUT2D eigenvalue weighted by Gasteiger charge is 2.12. The fourth-order valence-electron chi connectivity index (χ4n) is 1.18. The van der Waals surface area contributed by atoms with Crippen molar-refractivity contribution in [2.75, 3.05) is 6.61 Å². The number of nitrogens with zero attached hydrogens (tertiary/aromatic N) is 2. The molecule has 0 saturated heterocycles. The van der Waals surface area contributed by atoms with Crippen LogP contribution >= 0.6 is 0 Å². The number of aliphatic hydroxyl groups is 1. The van der Waals surface area contributed by atoms with E-state index in [0.29, 0.717) is 6.54 Å². The van der Waals surface area contributed by atoms with Crippen LogP contribution in [0.5, 0.6) is 0 Å². The van der Waals surface area contributed by atoms with Crippen LogP contribution in [0.15, 0.2) is 23.3 Å². The molecule has 6 heteroatoms. The Balaban J connectivity index is 2.98. The summed E-state index contributed by atoms with van der Waals surface area (Å²) >= 11 is 0. The average molecular weight is 212 g/mol. The van der Waals surface area contributed by atoms with E-state index in [1.54, 1.807) is 0 Å². The molecular weight excluding hydrogens is 200 g/mol. The van der Waals surface area contributed by atoms with E-state index < -0.39 is 16.0 Å². The third-order valence-electron chi connectivity index (χ3n) is 1.99. The molecule has 15 heavy (non-hydrogen) atoms. The number of aromatic nitrogens is 1. The van der Waals surface area contributed by atoms with Crippen LogP contribution in [0, 0.1) is 16.0 Å². The molecule has 0 radical (unpaired) electrons. The van der Waals surface area contributed by atoms with Crippen LogP contribution in [0.25, 0.3) is 0 Å². The molecule has 0 saturated carbocycles. The summed E-state index contributed by atoms with van der Waals surface area (Å²) in [6, 6.07) is 1.15. The van der Waals surface area contributed by atoms with Gasteiger partial charge in [0.2, 0.25) is 0 Å². The van der Waals surface area contributed by atoms with Crippen LogP contribution in [0.3, 0.4) is 0 Å². The minimum absolute atomic E-state index is 0.0000753. The topological polar surface area (TPSA) is 85.4 Å². The van der Waals surface area contributed by atoms with Crippen LogP contribution in [-0.4, -0.2) is 21.2 Å². The Labute approximate surface area is 85.9 Å². The number of hydrogen-bond donors (Lipinski definition) is 1. The lowest BCUT2D eigenvalue weighted by Gasteiger charge is -2.10. The van der Waals surface area contributed by atoms with E-state index in [0.717, 1.165) is 6.07 Å². The Morgan fingerprint density at radius 2 is 2.33 bits per heavy atom. The fourth-order valence-corrected chi connectivity index (χ4v) is 1.18. The number of nitro groups is 1. The summed E-state index contributed by atoms with van der Waals surface area (Å²) < 4.78 is 1.53. The van der Waals surface area contributed by atoms with Crippen LogP contribution in [0.1, 0.15) is 6.92 Å². The summed E-state index contributed by atoms with van der Waals surface area (Å²) in [7, 11) is 0. The summed E-state index contributed by atoms with van der Waals surface area (Å²) in [4.78, 5) is 20.8. The molecule has 1 N–H and O–H groups in total. The van der Waals surface area contributed by atoms with E-state index in [1.807, 2.05) is 6.92 Å². The third kappa shape index (κ3) is 2.88. The van der Waals surface area contributed by atoms with Crippen LogP contribution in [0.2, 0.25) is 0 Å².